The molecule has 0 amide bonds. The average molecular weight is 255 g/mol. The third kappa shape index (κ3) is 3.71. The fourth-order valence-electron chi connectivity index (χ4n) is 3.54. The van der Waals surface area contributed by atoms with Crippen LogP contribution in [0.15, 0.2) is 0 Å². The second kappa shape index (κ2) is 6.38. The molecular formula is C16H33NO. The van der Waals surface area contributed by atoms with E-state index in [1.807, 2.05) is 0 Å². The summed E-state index contributed by atoms with van der Waals surface area (Å²) in [7, 11) is 0. The van der Waals surface area contributed by atoms with Crippen molar-refractivity contribution in [3.05, 3.63) is 0 Å². The van der Waals surface area contributed by atoms with Crippen LogP contribution in [0.3, 0.4) is 0 Å². The third-order valence-corrected chi connectivity index (χ3v) is 4.65. The molecule has 1 unspecified atom stereocenters. The molecule has 2 nitrogen and oxygen atoms in total. The van der Waals surface area contributed by atoms with Crippen LogP contribution in [0.5, 0.6) is 0 Å². The molecule has 0 aromatic heterocycles. The largest absolute Gasteiger partial charge is 0.391 e. The summed E-state index contributed by atoms with van der Waals surface area (Å²) < 4.78 is 0. The number of hydrogen-bond acceptors (Lipinski definition) is 2. The molecule has 0 aromatic rings. The molecule has 0 aromatic carbocycles. The molecular weight excluding hydrogens is 222 g/mol. The van der Waals surface area contributed by atoms with E-state index in [2.05, 4.69) is 39.5 Å². The molecule has 0 saturated heterocycles. The Hall–Kier alpha value is -0.0800. The first kappa shape index (κ1) is 16.0. The van der Waals surface area contributed by atoms with Crippen LogP contribution in [0.2, 0.25) is 0 Å². The van der Waals surface area contributed by atoms with E-state index < -0.39 is 0 Å². The smallest absolute Gasteiger partial charge is 0.0724 e. The van der Waals surface area contributed by atoms with Gasteiger partial charge >= 0.3 is 0 Å². The van der Waals surface area contributed by atoms with Crippen molar-refractivity contribution >= 4 is 0 Å². The van der Waals surface area contributed by atoms with Gasteiger partial charge in [0.1, 0.15) is 0 Å². The van der Waals surface area contributed by atoms with Gasteiger partial charge in [0.2, 0.25) is 0 Å². The summed E-state index contributed by atoms with van der Waals surface area (Å²) in [5, 5.41) is 10.8. The van der Waals surface area contributed by atoms with Gasteiger partial charge in [-0.2, -0.15) is 0 Å². The van der Waals surface area contributed by atoms with Crippen LogP contribution in [-0.2, 0) is 0 Å². The summed E-state index contributed by atoms with van der Waals surface area (Å²) in [6.45, 7) is 13.3. The minimum Gasteiger partial charge on any atom is -0.391 e. The van der Waals surface area contributed by atoms with E-state index in [0.717, 1.165) is 25.9 Å². The zero-order chi connectivity index (χ0) is 13.8. The fourth-order valence-corrected chi connectivity index (χ4v) is 3.54. The van der Waals surface area contributed by atoms with E-state index in [-0.39, 0.29) is 11.6 Å². The Balaban J connectivity index is 2.71. The number of aliphatic hydroxyl groups is 1. The zero-order valence-electron chi connectivity index (χ0n) is 13.1. The van der Waals surface area contributed by atoms with Crippen LogP contribution in [0.1, 0.15) is 73.1 Å². The SMILES string of the molecule is CCN(CC)C1(C(O)CCC(C)(C)C)CCCC1. The molecule has 1 saturated carbocycles. The molecule has 1 fully saturated rings. The standard InChI is InChI=1S/C16H33NO/c1-6-17(7-2)16(11-8-9-12-16)14(18)10-13-15(3,4)5/h14,18H,6-13H2,1-5H3. The molecule has 2 heteroatoms. The van der Waals surface area contributed by atoms with E-state index >= 15 is 0 Å². The monoisotopic (exact) mass is 255 g/mol. The predicted molar refractivity (Wildman–Crippen MR) is 78.8 cm³/mol. The van der Waals surface area contributed by atoms with Crippen molar-refractivity contribution in [3.8, 4) is 0 Å². The van der Waals surface area contributed by atoms with Crippen molar-refractivity contribution < 1.29 is 5.11 Å². The van der Waals surface area contributed by atoms with Gasteiger partial charge in [-0.1, -0.05) is 47.5 Å². The fraction of sp³-hybridized carbons (Fsp3) is 1.00. The molecule has 0 aliphatic heterocycles. The van der Waals surface area contributed by atoms with Gasteiger partial charge in [0, 0.05) is 5.54 Å². The molecule has 0 spiro atoms. The highest BCUT2D eigenvalue weighted by atomic mass is 16.3. The van der Waals surface area contributed by atoms with Gasteiger partial charge < -0.3 is 5.11 Å². The van der Waals surface area contributed by atoms with Gasteiger partial charge in [0.25, 0.3) is 0 Å². The molecule has 0 heterocycles. The highest BCUT2D eigenvalue weighted by Gasteiger charge is 2.44. The lowest BCUT2D eigenvalue weighted by molar-refractivity contribution is -0.0334. The first-order valence-corrected chi connectivity index (χ1v) is 7.79. The first-order chi connectivity index (χ1) is 8.35. The lowest BCUT2D eigenvalue weighted by atomic mass is 9.81. The van der Waals surface area contributed by atoms with Gasteiger partial charge in [-0.05, 0) is 44.2 Å². The Morgan fingerprint density at radius 1 is 1.11 bits per heavy atom. The molecule has 1 aliphatic rings. The number of aliphatic hydroxyl groups excluding tert-OH is 1. The van der Waals surface area contributed by atoms with Gasteiger partial charge in [0.05, 0.1) is 6.10 Å². The minimum absolute atomic E-state index is 0.0781. The summed E-state index contributed by atoms with van der Waals surface area (Å²) >= 11 is 0. The Bertz CT molecular complexity index is 234. The number of rotatable bonds is 6. The molecule has 1 N–H and O–H groups in total. The van der Waals surface area contributed by atoms with E-state index in [1.54, 1.807) is 0 Å². The normalized spacial score (nSPS) is 21.5. The maximum absolute atomic E-state index is 10.8. The summed E-state index contributed by atoms with van der Waals surface area (Å²) in [5.41, 5.74) is 0.402. The summed E-state index contributed by atoms with van der Waals surface area (Å²) in [5.74, 6) is 0. The Kier molecular flexibility index (Phi) is 5.67. The number of hydrogen-bond donors (Lipinski definition) is 1. The second-order valence-electron chi connectivity index (χ2n) is 7.10. The minimum atomic E-state index is -0.154. The number of likely N-dealkylation sites (N-methyl/N-ethyl adjacent to an activating group) is 1. The van der Waals surface area contributed by atoms with Crippen molar-refractivity contribution in [2.75, 3.05) is 13.1 Å². The van der Waals surface area contributed by atoms with Gasteiger partial charge in [0.15, 0.2) is 0 Å². The quantitative estimate of drug-likeness (QED) is 0.780. The molecule has 0 radical (unpaired) electrons. The van der Waals surface area contributed by atoms with Gasteiger partial charge in [-0.15, -0.1) is 0 Å². The van der Waals surface area contributed by atoms with Crippen molar-refractivity contribution in [3.63, 3.8) is 0 Å². The van der Waals surface area contributed by atoms with E-state index in [9.17, 15) is 5.11 Å². The van der Waals surface area contributed by atoms with Crippen LogP contribution in [-0.4, -0.2) is 34.7 Å². The molecule has 1 rings (SSSR count). The molecule has 18 heavy (non-hydrogen) atoms. The van der Waals surface area contributed by atoms with Crippen LogP contribution in [0.4, 0.5) is 0 Å². The Morgan fingerprint density at radius 2 is 1.61 bits per heavy atom. The lowest BCUT2D eigenvalue weighted by Crippen LogP contribution is -2.55. The van der Waals surface area contributed by atoms with Crippen molar-refractivity contribution in [1.29, 1.82) is 0 Å². The maximum atomic E-state index is 10.8. The lowest BCUT2D eigenvalue weighted by Gasteiger charge is -2.44. The highest BCUT2D eigenvalue weighted by Crippen LogP contribution is 2.40. The average Bonchev–Trinajstić information content (AvgIpc) is 2.77. The van der Waals surface area contributed by atoms with E-state index in [1.165, 1.54) is 25.7 Å². The van der Waals surface area contributed by atoms with Crippen LogP contribution < -0.4 is 0 Å². The molecule has 1 atom stereocenters. The molecule has 0 bridgehead atoms. The van der Waals surface area contributed by atoms with E-state index in [4.69, 9.17) is 0 Å². The van der Waals surface area contributed by atoms with Crippen molar-refractivity contribution in [2.45, 2.75) is 84.8 Å². The summed E-state index contributed by atoms with van der Waals surface area (Å²) in [4.78, 5) is 2.51. The maximum Gasteiger partial charge on any atom is 0.0724 e. The second-order valence-corrected chi connectivity index (χ2v) is 7.10. The third-order valence-electron chi connectivity index (χ3n) is 4.65. The summed E-state index contributed by atoms with van der Waals surface area (Å²) in [6, 6.07) is 0. The van der Waals surface area contributed by atoms with Crippen molar-refractivity contribution in [2.24, 2.45) is 5.41 Å². The highest BCUT2D eigenvalue weighted by molar-refractivity contribution is 5.00. The van der Waals surface area contributed by atoms with Crippen LogP contribution in [0.25, 0.3) is 0 Å². The summed E-state index contributed by atoms with van der Waals surface area (Å²) in [6.07, 6.45) is 6.82. The molecule has 1 aliphatic carbocycles. The van der Waals surface area contributed by atoms with Gasteiger partial charge in [-0.25, -0.2) is 0 Å². The molecule has 108 valence electrons. The first-order valence-electron chi connectivity index (χ1n) is 7.79. The van der Waals surface area contributed by atoms with E-state index in [0.29, 0.717) is 5.41 Å². The van der Waals surface area contributed by atoms with Gasteiger partial charge in [-0.3, -0.25) is 4.90 Å². The Labute approximate surface area is 114 Å². The Morgan fingerprint density at radius 3 is 2.00 bits per heavy atom. The topological polar surface area (TPSA) is 23.5 Å². The predicted octanol–water partition coefficient (Wildman–Crippen LogP) is 3.83. The zero-order valence-corrected chi connectivity index (χ0v) is 13.1. The van der Waals surface area contributed by atoms with Crippen LogP contribution >= 0.6 is 0 Å². The number of nitrogens with zero attached hydrogens (tertiary/aromatic N) is 1. The van der Waals surface area contributed by atoms with Crippen LogP contribution in [0, 0.1) is 5.41 Å². The van der Waals surface area contributed by atoms with Crippen molar-refractivity contribution in [1.82, 2.24) is 4.90 Å².